The van der Waals surface area contributed by atoms with E-state index in [1.807, 2.05) is 31.2 Å². The van der Waals surface area contributed by atoms with Gasteiger partial charge in [-0.05, 0) is 43.0 Å². The van der Waals surface area contributed by atoms with Crippen LogP contribution in [0.5, 0.6) is 0 Å². The van der Waals surface area contributed by atoms with E-state index >= 15 is 0 Å². The summed E-state index contributed by atoms with van der Waals surface area (Å²) in [6.45, 7) is 4.36. The van der Waals surface area contributed by atoms with Crippen molar-refractivity contribution in [1.82, 2.24) is 9.88 Å². The molecule has 1 saturated heterocycles. The normalized spacial score (nSPS) is 15.5. The molecule has 5 heteroatoms. The Hall–Kier alpha value is -2.71. The monoisotopic (exact) mass is 335 g/mol. The van der Waals surface area contributed by atoms with E-state index < -0.39 is 0 Å². The highest BCUT2D eigenvalue weighted by atomic mass is 16.5. The summed E-state index contributed by atoms with van der Waals surface area (Å²) >= 11 is 0. The summed E-state index contributed by atoms with van der Waals surface area (Å²) < 4.78 is 5.62. The molecule has 0 amide bonds. The van der Waals surface area contributed by atoms with Crippen LogP contribution in [0, 0.1) is 18.3 Å². The topological polar surface area (TPSA) is 66.2 Å². The fourth-order valence-corrected chi connectivity index (χ4v) is 3.08. The number of hydrogen-bond donors (Lipinski definition) is 0. The third kappa shape index (κ3) is 4.43. The number of benzene rings is 1. The van der Waals surface area contributed by atoms with Crippen molar-refractivity contribution in [2.45, 2.75) is 32.4 Å². The molecular formula is C20H21N3O2. The second-order valence-electron chi connectivity index (χ2n) is 6.40. The third-order valence-corrected chi connectivity index (χ3v) is 4.45. The molecule has 3 rings (SSSR count). The summed E-state index contributed by atoms with van der Waals surface area (Å²) in [4.78, 5) is 18.5. The lowest BCUT2D eigenvalue weighted by Gasteiger charge is -2.31. The van der Waals surface area contributed by atoms with Crippen molar-refractivity contribution >= 4 is 5.97 Å². The van der Waals surface area contributed by atoms with Gasteiger partial charge in [0.2, 0.25) is 0 Å². The van der Waals surface area contributed by atoms with Crippen LogP contribution in [-0.4, -0.2) is 35.0 Å². The summed E-state index contributed by atoms with van der Waals surface area (Å²) in [6.07, 6.45) is 4.81. The van der Waals surface area contributed by atoms with E-state index in [2.05, 4.69) is 16.0 Å². The summed E-state index contributed by atoms with van der Waals surface area (Å²) in [5.74, 6) is -0.301. The van der Waals surface area contributed by atoms with E-state index in [1.54, 1.807) is 18.5 Å². The van der Waals surface area contributed by atoms with Gasteiger partial charge < -0.3 is 4.74 Å². The van der Waals surface area contributed by atoms with Gasteiger partial charge in [0.1, 0.15) is 6.10 Å². The molecule has 0 saturated carbocycles. The van der Waals surface area contributed by atoms with Crippen LogP contribution in [0.1, 0.15) is 39.9 Å². The van der Waals surface area contributed by atoms with E-state index in [1.165, 1.54) is 0 Å². The van der Waals surface area contributed by atoms with Crippen molar-refractivity contribution in [2.75, 3.05) is 13.1 Å². The highest BCUT2D eigenvalue weighted by molar-refractivity contribution is 5.89. The first-order valence-corrected chi connectivity index (χ1v) is 8.48. The molecule has 0 aliphatic carbocycles. The van der Waals surface area contributed by atoms with Crippen molar-refractivity contribution in [3.05, 3.63) is 65.0 Å². The van der Waals surface area contributed by atoms with Crippen LogP contribution in [0.15, 0.2) is 42.7 Å². The lowest BCUT2D eigenvalue weighted by atomic mass is 10.0. The van der Waals surface area contributed by atoms with E-state index in [0.29, 0.717) is 5.56 Å². The lowest BCUT2D eigenvalue weighted by Crippen LogP contribution is -2.37. The van der Waals surface area contributed by atoms with Crippen LogP contribution in [0.4, 0.5) is 0 Å². The molecule has 0 N–H and O–H groups in total. The van der Waals surface area contributed by atoms with Crippen LogP contribution in [0.25, 0.3) is 0 Å². The third-order valence-electron chi connectivity index (χ3n) is 4.45. The maximum absolute atomic E-state index is 12.2. The molecule has 0 atom stereocenters. The van der Waals surface area contributed by atoms with Crippen molar-refractivity contribution in [1.29, 1.82) is 5.26 Å². The van der Waals surface area contributed by atoms with Gasteiger partial charge in [-0.25, -0.2) is 4.79 Å². The van der Waals surface area contributed by atoms with Crippen molar-refractivity contribution in [2.24, 2.45) is 0 Å². The molecule has 2 heterocycles. The number of carbonyl (C=O) groups is 1. The Kier molecular flexibility index (Phi) is 5.42. The summed E-state index contributed by atoms with van der Waals surface area (Å²) in [5.41, 5.74) is 3.22. The minimum Gasteiger partial charge on any atom is -0.459 e. The number of nitrogens with zero attached hydrogens (tertiary/aromatic N) is 3. The number of likely N-dealkylation sites (tertiary alicyclic amines) is 1. The van der Waals surface area contributed by atoms with Crippen molar-refractivity contribution in [3.63, 3.8) is 0 Å². The largest absolute Gasteiger partial charge is 0.459 e. The molecule has 0 unspecified atom stereocenters. The minimum atomic E-state index is -0.301. The van der Waals surface area contributed by atoms with E-state index in [0.717, 1.165) is 49.2 Å². The molecule has 1 aromatic heterocycles. The Balaban J connectivity index is 1.52. The molecule has 0 spiro atoms. The first-order valence-electron chi connectivity index (χ1n) is 8.48. The maximum atomic E-state index is 12.2. The van der Waals surface area contributed by atoms with Gasteiger partial charge in [0.25, 0.3) is 0 Å². The number of pyridine rings is 1. The van der Waals surface area contributed by atoms with Gasteiger partial charge in [0.15, 0.2) is 0 Å². The zero-order chi connectivity index (χ0) is 17.6. The van der Waals surface area contributed by atoms with Crippen LogP contribution in [0.3, 0.4) is 0 Å². The summed E-state index contributed by atoms with van der Waals surface area (Å²) in [6, 6.07) is 11.7. The van der Waals surface area contributed by atoms with E-state index in [9.17, 15) is 10.1 Å². The molecule has 0 radical (unpaired) electrons. The average Bonchev–Trinajstić information content (AvgIpc) is 2.64. The molecule has 1 aliphatic heterocycles. The number of aryl methyl sites for hydroxylation is 1. The van der Waals surface area contributed by atoms with E-state index in [-0.39, 0.29) is 12.1 Å². The quantitative estimate of drug-likeness (QED) is 0.803. The molecular weight excluding hydrogens is 314 g/mol. The molecule has 128 valence electrons. The number of hydrogen-bond acceptors (Lipinski definition) is 5. The van der Waals surface area contributed by atoms with E-state index in [4.69, 9.17) is 4.74 Å². The zero-order valence-corrected chi connectivity index (χ0v) is 14.3. The van der Waals surface area contributed by atoms with Crippen molar-refractivity contribution in [3.8, 4) is 6.07 Å². The van der Waals surface area contributed by atoms with Crippen molar-refractivity contribution < 1.29 is 9.53 Å². The fraction of sp³-hybridized carbons (Fsp3) is 0.350. The summed E-state index contributed by atoms with van der Waals surface area (Å²) in [7, 11) is 0. The smallest absolute Gasteiger partial charge is 0.339 e. The second kappa shape index (κ2) is 7.91. The highest BCUT2D eigenvalue weighted by Crippen LogP contribution is 2.19. The predicted molar refractivity (Wildman–Crippen MR) is 93.8 cm³/mol. The van der Waals surface area contributed by atoms with Crippen LogP contribution < -0.4 is 0 Å². The van der Waals surface area contributed by atoms with Gasteiger partial charge in [-0.2, -0.15) is 5.26 Å². The molecule has 2 aromatic rings. The van der Waals surface area contributed by atoms with Gasteiger partial charge >= 0.3 is 5.97 Å². The van der Waals surface area contributed by atoms with Crippen LogP contribution >= 0.6 is 0 Å². The molecule has 5 nitrogen and oxygen atoms in total. The molecule has 25 heavy (non-hydrogen) atoms. The Morgan fingerprint density at radius 3 is 2.80 bits per heavy atom. The predicted octanol–water partition coefficient (Wildman–Crippen LogP) is 3.08. The molecule has 1 aromatic carbocycles. The Labute approximate surface area is 147 Å². The van der Waals surface area contributed by atoms with Crippen LogP contribution in [0.2, 0.25) is 0 Å². The lowest BCUT2D eigenvalue weighted by molar-refractivity contribution is 0.0104. The van der Waals surface area contributed by atoms with Gasteiger partial charge in [-0.15, -0.1) is 0 Å². The SMILES string of the molecule is Cc1cncc(C(=O)OC2CCN(Cc3ccccc3C#N)CC2)c1. The molecule has 0 bridgehead atoms. The average molecular weight is 335 g/mol. The number of esters is 1. The standard InChI is InChI=1S/C20H21N3O2/c1-15-10-18(13-22-12-15)20(24)25-19-6-8-23(9-7-19)14-17-5-3-2-4-16(17)11-21/h2-5,10,12-13,19H,6-9,14H2,1H3. The van der Waals surface area contributed by atoms with Gasteiger partial charge in [0, 0.05) is 32.0 Å². The second-order valence-corrected chi connectivity index (χ2v) is 6.40. The van der Waals surface area contributed by atoms with Gasteiger partial charge in [-0.1, -0.05) is 18.2 Å². The number of ether oxygens (including phenoxy) is 1. The Morgan fingerprint density at radius 1 is 1.32 bits per heavy atom. The Morgan fingerprint density at radius 2 is 2.08 bits per heavy atom. The first-order chi connectivity index (χ1) is 12.2. The van der Waals surface area contributed by atoms with Crippen LogP contribution in [-0.2, 0) is 11.3 Å². The number of carbonyl (C=O) groups excluding carboxylic acids is 1. The fourth-order valence-electron chi connectivity index (χ4n) is 3.08. The maximum Gasteiger partial charge on any atom is 0.339 e. The number of aromatic nitrogens is 1. The number of piperidine rings is 1. The summed E-state index contributed by atoms with van der Waals surface area (Å²) in [5, 5.41) is 9.19. The van der Waals surface area contributed by atoms with Gasteiger partial charge in [-0.3, -0.25) is 9.88 Å². The molecule has 1 aliphatic rings. The first kappa shape index (κ1) is 17.1. The zero-order valence-electron chi connectivity index (χ0n) is 14.3. The number of nitriles is 1. The highest BCUT2D eigenvalue weighted by Gasteiger charge is 2.23. The minimum absolute atomic E-state index is 0.0597. The Bertz CT molecular complexity index is 790. The number of rotatable bonds is 4. The van der Waals surface area contributed by atoms with Gasteiger partial charge in [0.05, 0.1) is 17.2 Å². The molecule has 1 fully saturated rings.